The summed E-state index contributed by atoms with van der Waals surface area (Å²) in [6.45, 7) is 5.26. The Morgan fingerprint density at radius 2 is 1.82 bits per heavy atom. The van der Waals surface area contributed by atoms with Crippen molar-refractivity contribution in [1.29, 1.82) is 0 Å². The molecule has 2 amide bonds. The fourth-order valence-corrected chi connectivity index (χ4v) is 3.06. The number of benzene rings is 2. The molecular weight excluding hydrogens is 363 g/mol. The van der Waals surface area contributed by atoms with Gasteiger partial charge in [0.1, 0.15) is 11.6 Å². The van der Waals surface area contributed by atoms with Crippen LogP contribution < -0.4 is 15.0 Å². The normalized spacial score (nSPS) is 16.4. The molecule has 6 nitrogen and oxygen atoms in total. The lowest BCUT2D eigenvalue weighted by molar-refractivity contribution is -0.120. The van der Waals surface area contributed by atoms with Crippen molar-refractivity contribution < 1.29 is 23.5 Å². The molecule has 0 aromatic heterocycles. The van der Waals surface area contributed by atoms with Crippen LogP contribution in [0.4, 0.5) is 14.9 Å². The number of amides is 2. The highest BCUT2D eigenvalue weighted by Gasteiger charge is 2.35. The van der Waals surface area contributed by atoms with Crippen LogP contribution in [0.25, 0.3) is 0 Å². The zero-order valence-electron chi connectivity index (χ0n) is 16.3. The van der Waals surface area contributed by atoms with Gasteiger partial charge in [-0.3, -0.25) is 4.79 Å². The third-order valence-corrected chi connectivity index (χ3v) is 4.22. The molecule has 0 bridgehead atoms. The number of hydrogen-bond donors (Lipinski definition) is 1. The first kappa shape index (κ1) is 19.7. The number of carbonyl (C=O) groups excluding carboxylic acids is 2. The third-order valence-electron chi connectivity index (χ3n) is 4.22. The smallest absolute Gasteiger partial charge is 0.408 e. The van der Waals surface area contributed by atoms with Gasteiger partial charge in [-0.05, 0) is 44.5 Å². The fourth-order valence-electron chi connectivity index (χ4n) is 3.06. The molecule has 1 aliphatic heterocycles. The molecule has 0 aliphatic carbocycles. The molecule has 0 spiro atoms. The lowest BCUT2D eigenvalue weighted by Gasteiger charge is -2.33. The summed E-state index contributed by atoms with van der Waals surface area (Å²) in [7, 11) is 1.60. The molecule has 0 saturated heterocycles. The average Bonchev–Trinajstić information content (AvgIpc) is 2.59. The van der Waals surface area contributed by atoms with Gasteiger partial charge in [0.25, 0.3) is 0 Å². The van der Waals surface area contributed by atoms with Gasteiger partial charge >= 0.3 is 6.09 Å². The van der Waals surface area contributed by atoms with Crippen LogP contribution in [0.3, 0.4) is 0 Å². The third kappa shape index (κ3) is 4.24. The Labute approximate surface area is 163 Å². The van der Waals surface area contributed by atoms with E-state index in [0.29, 0.717) is 11.4 Å². The highest BCUT2D eigenvalue weighted by atomic mass is 19.1. The summed E-state index contributed by atoms with van der Waals surface area (Å²) in [5.41, 5.74) is 0.696. The first-order valence-corrected chi connectivity index (χ1v) is 8.97. The Balaban J connectivity index is 1.85. The SMILES string of the molecule is CN1C(=O)C(NC(=O)OC(C)(C)C)Cc2cccc(Oc3ccccc3F)c21. The zero-order valence-corrected chi connectivity index (χ0v) is 16.3. The van der Waals surface area contributed by atoms with Crippen molar-refractivity contribution in [3.05, 3.63) is 53.8 Å². The van der Waals surface area contributed by atoms with E-state index in [0.717, 1.165) is 5.56 Å². The van der Waals surface area contributed by atoms with Crippen LogP contribution >= 0.6 is 0 Å². The van der Waals surface area contributed by atoms with Crippen LogP contribution in [0, 0.1) is 5.82 Å². The molecule has 2 aromatic rings. The van der Waals surface area contributed by atoms with Gasteiger partial charge in [0.15, 0.2) is 17.3 Å². The molecule has 1 atom stereocenters. The molecule has 148 valence electrons. The van der Waals surface area contributed by atoms with Crippen LogP contribution in [-0.2, 0) is 16.0 Å². The lowest BCUT2D eigenvalue weighted by Crippen LogP contribution is -2.52. The van der Waals surface area contributed by atoms with Gasteiger partial charge in [-0.25, -0.2) is 9.18 Å². The van der Waals surface area contributed by atoms with E-state index >= 15 is 0 Å². The van der Waals surface area contributed by atoms with E-state index < -0.39 is 23.6 Å². The number of ether oxygens (including phenoxy) is 2. The zero-order chi connectivity index (χ0) is 20.5. The molecule has 1 N–H and O–H groups in total. The molecule has 1 heterocycles. The molecule has 3 rings (SSSR count). The average molecular weight is 386 g/mol. The van der Waals surface area contributed by atoms with Crippen molar-refractivity contribution in [2.24, 2.45) is 0 Å². The quantitative estimate of drug-likeness (QED) is 0.865. The molecule has 2 aromatic carbocycles. The standard InChI is InChI=1S/C21H23FN2O4/c1-21(2,3)28-20(26)23-15-12-13-8-7-11-17(18(13)24(4)19(15)25)27-16-10-6-5-9-14(16)22/h5-11,15H,12H2,1-4H3,(H,23,26). The summed E-state index contributed by atoms with van der Waals surface area (Å²) in [6.07, 6.45) is -0.367. The molecule has 1 aliphatic rings. The lowest BCUT2D eigenvalue weighted by atomic mass is 9.97. The highest BCUT2D eigenvalue weighted by Crippen LogP contribution is 2.38. The Bertz CT molecular complexity index is 908. The number of nitrogens with zero attached hydrogens (tertiary/aromatic N) is 1. The molecule has 7 heteroatoms. The fraction of sp³-hybridized carbons (Fsp3) is 0.333. The van der Waals surface area contributed by atoms with Crippen molar-refractivity contribution in [2.45, 2.75) is 38.8 Å². The van der Waals surface area contributed by atoms with E-state index in [1.165, 1.54) is 17.0 Å². The Kier molecular flexibility index (Phi) is 5.27. The summed E-state index contributed by atoms with van der Waals surface area (Å²) < 4.78 is 24.9. The molecular formula is C21H23FN2O4. The Hall–Kier alpha value is -3.09. The highest BCUT2D eigenvalue weighted by molar-refractivity contribution is 6.02. The number of halogens is 1. The number of nitrogens with one attached hydrogen (secondary N) is 1. The topological polar surface area (TPSA) is 67.9 Å². The van der Waals surface area contributed by atoms with Gasteiger partial charge in [0.2, 0.25) is 5.91 Å². The van der Waals surface area contributed by atoms with Crippen LogP contribution in [0.1, 0.15) is 26.3 Å². The van der Waals surface area contributed by atoms with Crippen LogP contribution in [0.2, 0.25) is 0 Å². The second-order valence-electron chi connectivity index (χ2n) is 7.60. The summed E-state index contributed by atoms with van der Waals surface area (Å²) in [6, 6.07) is 10.6. The van der Waals surface area contributed by atoms with Gasteiger partial charge in [-0.1, -0.05) is 24.3 Å². The van der Waals surface area contributed by atoms with E-state index in [2.05, 4.69) is 5.32 Å². The predicted octanol–water partition coefficient (Wildman–Crippen LogP) is 4.03. The first-order valence-electron chi connectivity index (χ1n) is 8.97. The number of fused-ring (bicyclic) bond motifs is 1. The number of alkyl carbamates (subject to hydrolysis) is 1. The first-order chi connectivity index (χ1) is 13.2. The van der Waals surface area contributed by atoms with E-state index in [9.17, 15) is 14.0 Å². The molecule has 0 radical (unpaired) electrons. The largest absolute Gasteiger partial charge is 0.452 e. The van der Waals surface area contributed by atoms with Crippen LogP contribution in [0.5, 0.6) is 11.5 Å². The van der Waals surface area contributed by atoms with E-state index in [1.54, 1.807) is 52.1 Å². The van der Waals surface area contributed by atoms with Crippen molar-refractivity contribution >= 4 is 17.7 Å². The van der Waals surface area contributed by atoms with Gasteiger partial charge in [-0.2, -0.15) is 0 Å². The maximum Gasteiger partial charge on any atom is 0.408 e. The number of para-hydroxylation sites is 2. The van der Waals surface area contributed by atoms with Crippen LogP contribution in [0.15, 0.2) is 42.5 Å². The monoisotopic (exact) mass is 386 g/mol. The van der Waals surface area contributed by atoms with Gasteiger partial charge in [0, 0.05) is 13.5 Å². The number of rotatable bonds is 3. The van der Waals surface area contributed by atoms with E-state index in [-0.39, 0.29) is 18.1 Å². The van der Waals surface area contributed by atoms with Crippen molar-refractivity contribution in [1.82, 2.24) is 5.32 Å². The van der Waals surface area contributed by atoms with Gasteiger partial charge in [0.05, 0.1) is 5.69 Å². The minimum absolute atomic E-state index is 0.0748. The second kappa shape index (κ2) is 7.50. The Morgan fingerprint density at radius 3 is 2.50 bits per heavy atom. The predicted molar refractivity (Wildman–Crippen MR) is 103 cm³/mol. The maximum absolute atomic E-state index is 14.0. The number of anilines is 1. The van der Waals surface area contributed by atoms with E-state index in [1.807, 2.05) is 6.07 Å². The minimum atomic E-state index is -0.754. The van der Waals surface area contributed by atoms with Crippen molar-refractivity contribution in [3.8, 4) is 11.5 Å². The maximum atomic E-state index is 14.0. The van der Waals surface area contributed by atoms with E-state index in [4.69, 9.17) is 9.47 Å². The molecule has 1 unspecified atom stereocenters. The molecule has 0 saturated carbocycles. The summed E-state index contributed by atoms with van der Waals surface area (Å²) in [4.78, 5) is 26.3. The van der Waals surface area contributed by atoms with Crippen molar-refractivity contribution in [2.75, 3.05) is 11.9 Å². The summed E-state index contributed by atoms with van der Waals surface area (Å²) in [5, 5.41) is 2.62. The second-order valence-corrected chi connectivity index (χ2v) is 7.60. The van der Waals surface area contributed by atoms with Crippen LogP contribution in [-0.4, -0.2) is 30.7 Å². The van der Waals surface area contributed by atoms with Gasteiger partial charge < -0.3 is 19.7 Å². The summed E-state index contributed by atoms with van der Waals surface area (Å²) >= 11 is 0. The number of hydrogen-bond acceptors (Lipinski definition) is 4. The van der Waals surface area contributed by atoms with Crippen molar-refractivity contribution in [3.63, 3.8) is 0 Å². The minimum Gasteiger partial charge on any atom is -0.452 e. The summed E-state index contributed by atoms with van der Waals surface area (Å²) in [5.74, 6) is -0.350. The number of carbonyl (C=O) groups is 2. The molecule has 28 heavy (non-hydrogen) atoms. The Morgan fingerprint density at radius 1 is 1.14 bits per heavy atom. The molecule has 0 fully saturated rings. The number of likely N-dealkylation sites (N-methyl/N-ethyl adjacent to an activating group) is 1. The van der Waals surface area contributed by atoms with Gasteiger partial charge in [-0.15, -0.1) is 0 Å².